The van der Waals surface area contributed by atoms with Gasteiger partial charge in [-0.05, 0) is 37.5 Å². The standard InChI is InChI=1S/C21H22N4O3/c1-14-11-19(25-28-14)24-20(26)15(2)23-21(27)18(17-8-4-3-5-9-17)12-16-7-6-10-22-13-16/h3-11,13,15,18H,12H2,1-2H3,(H,23,27)(H,24,25,26). The van der Waals surface area contributed by atoms with E-state index in [1.54, 1.807) is 32.3 Å². The fourth-order valence-corrected chi connectivity index (χ4v) is 2.84. The number of nitrogens with one attached hydrogen (secondary N) is 2. The number of carbonyl (C=O) groups excluding carboxylic acids is 2. The smallest absolute Gasteiger partial charge is 0.247 e. The topological polar surface area (TPSA) is 97.1 Å². The second-order valence-corrected chi connectivity index (χ2v) is 6.57. The summed E-state index contributed by atoms with van der Waals surface area (Å²) in [7, 11) is 0. The minimum Gasteiger partial charge on any atom is -0.360 e. The minimum absolute atomic E-state index is 0.228. The maximum Gasteiger partial charge on any atom is 0.247 e. The Kier molecular flexibility index (Phi) is 6.16. The molecule has 0 aliphatic carbocycles. The van der Waals surface area contributed by atoms with E-state index in [0.717, 1.165) is 11.1 Å². The van der Waals surface area contributed by atoms with Crippen molar-refractivity contribution >= 4 is 17.6 Å². The summed E-state index contributed by atoms with van der Waals surface area (Å²) in [4.78, 5) is 29.4. The van der Waals surface area contributed by atoms with E-state index in [1.165, 1.54) is 0 Å². The van der Waals surface area contributed by atoms with E-state index in [1.807, 2.05) is 42.5 Å². The zero-order valence-electron chi connectivity index (χ0n) is 15.8. The van der Waals surface area contributed by atoms with Crippen LogP contribution >= 0.6 is 0 Å². The summed E-state index contributed by atoms with van der Waals surface area (Å²) >= 11 is 0. The van der Waals surface area contributed by atoms with Crippen molar-refractivity contribution in [3.8, 4) is 0 Å². The highest BCUT2D eigenvalue weighted by Gasteiger charge is 2.25. The summed E-state index contributed by atoms with van der Waals surface area (Å²) in [6.45, 7) is 3.36. The summed E-state index contributed by atoms with van der Waals surface area (Å²) < 4.78 is 4.93. The molecule has 7 heteroatoms. The SMILES string of the molecule is Cc1cc(NC(=O)C(C)NC(=O)C(Cc2cccnc2)c2ccccc2)no1. The normalized spacial score (nSPS) is 12.8. The van der Waals surface area contributed by atoms with Crippen LogP contribution in [-0.4, -0.2) is 28.0 Å². The Balaban J connectivity index is 1.70. The molecule has 2 N–H and O–H groups in total. The third-order valence-electron chi connectivity index (χ3n) is 4.31. The van der Waals surface area contributed by atoms with E-state index < -0.39 is 12.0 Å². The van der Waals surface area contributed by atoms with Crippen molar-refractivity contribution in [3.05, 3.63) is 77.8 Å². The largest absolute Gasteiger partial charge is 0.360 e. The van der Waals surface area contributed by atoms with Crippen LogP contribution in [0.4, 0.5) is 5.82 Å². The molecule has 0 aliphatic heterocycles. The number of nitrogens with zero attached hydrogens (tertiary/aromatic N) is 2. The molecular weight excluding hydrogens is 356 g/mol. The Hall–Kier alpha value is -3.48. The molecule has 0 saturated heterocycles. The van der Waals surface area contributed by atoms with Crippen LogP contribution in [0.15, 0.2) is 65.4 Å². The average Bonchev–Trinajstić information content (AvgIpc) is 3.12. The minimum atomic E-state index is -0.732. The van der Waals surface area contributed by atoms with Gasteiger partial charge in [0.2, 0.25) is 11.8 Å². The van der Waals surface area contributed by atoms with Crippen LogP contribution < -0.4 is 10.6 Å². The first kappa shape index (κ1) is 19.3. The van der Waals surface area contributed by atoms with E-state index in [9.17, 15) is 9.59 Å². The highest BCUT2D eigenvalue weighted by Crippen LogP contribution is 2.21. The molecular formula is C21H22N4O3. The van der Waals surface area contributed by atoms with Crippen molar-refractivity contribution < 1.29 is 14.1 Å². The first-order valence-electron chi connectivity index (χ1n) is 9.01. The molecule has 0 bridgehead atoms. The molecule has 7 nitrogen and oxygen atoms in total. The highest BCUT2D eigenvalue weighted by atomic mass is 16.5. The number of pyridine rings is 1. The lowest BCUT2D eigenvalue weighted by Gasteiger charge is -2.20. The Morgan fingerprint density at radius 2 is 1.89 bits per heavy atom. The number of hydrogen-bond donors (Lipinski definition) is 2. The van der Waals surface area contributed by atoms with E-state index in [2.05, 4.69) is 20.8 Å². The lowest BCUT2D eigenvalue weighted by Crippen LogP contribution is -2.44. The zero-order chi connectivity index (χ0) is 19.9. The van der Waals surface area contributed by atoms with E-state index in [-0.39, 0.29) is 11.8 Å². The molecule has 0 radical (unpaired) electrons. The van der Waals surface area contributed by atoms with Crippen LogP contribution in [-0.2, 0) is 16.0 Å². The molecule has 0 saturated carbocycles. The van der Waals surface area contributed by atoms with Crippen LogP contribution in [0.1, 0.15) is 29.7 Å². The van der Waals surface area contributed by atoms with Gasteiger partial charge in [0.15, 0.2) is 5.82 Å². The van der Waals surface area contributed by atoms with Crippen molar-refractivity contribution in [2.45, 2.75) is 32.2 Å². The number of aromatic nitrogens is 2. The molecule has 144 valence electrons. The van der Waals surface area contributed by atoms with Gasteiger partial charge in [0, 0.05) is 18.5 Å². The first-order valence-corrected chi connectivity index (χ1v) is 9.01. The molecule has 1 aromatic carbocycles. The Morgan fingerprint density at radius 3 is 2.54 bits per heavy atom. The van der Waals surface area contributed by atoms with Gasteiger partial charge in [-0.1, -0.05) is 41.6 Å². The molecule has 2 amide bonds. The van der Waals surface area contributed by atoms with Crippen molar-refractivity contribution in [1.82, 2.24) is 15.5 Å². The van der Waals surface area contributed by atoms with Crippen LogP contribution in [0.25, 0.3) is 0 Å². The monoisotopic (exact) mass is 378 g/mol. The van der Waals surface area contributed by atoms with E-state index in [0.29, 0.717) is 18.0 Å². The lowest BCUT2D eigenvalue weighted by atomic mass is 9.91. The van der Waals surface area contributed by atoms with Gasteiger partial charge in [-0.25, -0.2) is 0 Å². The second-order valence-electron chi connectivity index (χ2n) is 6.57. The van der Waals surface area contributed by atoms with Crippen LogP contribution in [0.3, 0.4) is 0 Å². The molecule has 0 spiro atoms. The summed E-state index contributed by atoms with van der Waals surface area (Å²) in [5.41, 5.74) is 1.82. The third-order valence-corrected chi connectivity index (χ3v) is 4.31. The van der Waals surface area contributed by atoms with Crippen molar-refractivity contribution in [3.63, 3.8) is 0 Å². The molecule has 0 fully saturated rings. The molecule has 0 aliphatic rings. The second kappa shape index (κ2) is 8.94. The fourth-order valence-electron chi connectivity index (χ4n) is 2.84. The maximum absolute atomic E-state index is 13.0. The number of benzene rings is 1. The Bertz CT molecular complexity index is 925. The number of hydrogen-bond acceptors (Lipinski definition) is 5. The predicted octanol–water partition coefficient (Wildman–Crippen LogP) is 2.85. The van der Waals surface area contributed by atoms with Gasteiger partial charge in [0.25, 0.3) is 0 Å². The van der Waals surface area contributed by atoms with E-state index in [4.69, 9.17) is 4.52 Å². The van der Waals surface area contributed by atoms with Crippen molar-refractivity contribution in [1.29, 1.82) is 0 Å². The van der Waals surface area contributed by atoms with Crippen LogP contribution in [0.5, 0.6) is 0 Å². The van der Waals surface area contributed by atoms with Crippen LogP contribution in [0, 0.1) is 6.92 Å². The maximum atomic E-state index is 13.0. The zero-order valence-corrected chi connectivity index (χ0v) is 15.8. The van der Waals surface area contributed by atoms with Crippen molar-refractivity contribution in [2.24, 2.45) is 0 Å². The molecule has 3 aromatic rings. The molecule has 2 aromatic heterocycles. The third kappa shape index (κ3) is 5.03. The van der Waals surface area contributed by atoms with E-state index >= 15 is 0 Å². The quantitative estimate of drug-likeness (QED) is 0.659. The summed E-state index contributed by atoms with van der Waals surface area (Å²) in [5.74, 6) is -0.120. The number of amides is 2. The van der Waals surface area contributed by atoms with Gasteiger partial charge >= 0.3 is 0 Å². The number of carbonyl (C=O) groups is 2. The average molecular weight is 378 g/mol. The van der Waals surface area contributed by atoms with Gasteiger partial charge in [-0.2, -0.15) is 0 Å². The van der Waals surface area contributed by atoms with Gasteiger partial charge in [0.05, 0.1) is 5.92 Å². The Labute approximate surface area is 163 Å². The molecule has 2 unspecified atom stereocenters. The summed E-state index contributed by atoms with van der Waals surface area (Å²) in [6.07, 6.45) is 3.92. The molecule has 2 atom stereocenters. The molecule has 28 heavy (non-hydrogen) atoms. The van der Waals surface area contributed by atoms with Gasteiger partial charge in [-0.15, -0.1) is 0 Å². The Morgan fingerprint density at radius 1 is 1.11 bits per heavy atom. The summed E-state index contributed by atoms with van der Waals surface area (Å²) in [5, 5.41) is 9.15. The predicted molar refractivity (Wildman–Crippen MR) is 105 cm³/mol. The number of anilines is 1. The van der Waals surface area contributed by atoms with Gasteiger partial charge in [-0.3, -0.25) is 14.6 Å². The molecule has 3 rings (SSSR count). The first-order chi connectivity index (χ1) is 13.5. The summed E-state index contributed by atoms with van der Waals surface area (Å²) in [6, 6.07) is 14.1. The van der Waals surface area contributed by atoms with Crippen LogP contribution in [0.2, 0.25) is 0 Å². The van der Waals surface area contributed by atoms with Crippen molar-refractivity contribution in [2.75, 3.05) is 5.32 Å². The fraction of sp³-hybridized carbons (Fsp3) is 0.238. The molecule has 2 heterocycles. The number of aryl methyl sites for hydroxylation is 1. The highest BCUT2D eigenvalue weighted by molar-refractivity contribution is 5.97. The van der Waals surface area contributed by atoms with Gasteiger partial charge in [0.1, 0.15) is 11.8 Å². The lowest BCUT2D eigenvalue weighted by molar-refractivity contribution is -0.127. The number of rotatable bonds is 7. The van der Waals surface area contributed by atoms with Gasteiger partial charge < -0.3 is 15.2 Å².